The van der Waals surface area contributed by atoms with E-state index in [1.54, 1.807) is 0 Å². The maximum absolute atomic E-state index is 6.54. The summed E-state index contributed by atoms with van der Waals surface area (Å²) >= 11 is 0. The molecule has 0 aliphatic rings. The molecule has 1 heterocycles. The number of furan rings is 1. The summed E-state index contributed by atoms with van der Waals surface area (Å²) in [5.41, 5.74) is 13.2. The van der Waals surface area contributed by atoms with Crippen molar-refractivity contribution in [3.8, 4) is 33.4 Å². The standard InChI is InChI=1S/C47H33NO/c1-32-14-13-23-44-46(32)42-26-25-39(31-45(42)49-44)48(43-27-24-35-19-11-12-22-41(35)47(43)36-20-9-4-10-21-36)40-29-37(33-15-5-2-6-16-33)28-38(30-40)34-17-7-3-8-18-34/h2-31H,1H3. The molecule has 0 saturated heterocycles. The maximum atomic E-state index is 6.54. The average Bonchev–Trinajstić information content (AvgIpc) is 3.55. The Morgan fingerprint density at radius 2 is 1.04 bits per heavy atom. The van der Waals surface area contributed by atoms with Gasteiger partial charge in [0.2, 0.25) is 0 Å². The van der Waals surface area contributed by atoms with E-state index in [9.17, 15) is 0 Å². The van der Waals surface area contributed by atoms with Crippen LogP contribution in [0.4, 0.5) is 17.1 Å². The summed E-state index contributed by atoms with van der Waals surface area (Å²) in [5.74, 6) is 0. The Bertz CT molecular complexity index is 2540. The fourth-order valence-electron chi connectivity index (χ4n) is 7.25. The third kappa shape index (κ3) is 5.15. The second-order valence-electron chi connectivity index (χ2n) is 12.6. The van der Waals surface area contributed by atoms with Gasteiger partial charge in [-0.1, -0.05) is 133 Å². The molecular formula is C47H33NO. The average molecular weight is 628 g/mol. The smallest absolute Gasteiger partial charge is 0.137 e. The van der Waals surface area contributed by atoms with Crippen LogP contribution in [0.2, 0.25) is 0 Å². The van der Waals surface area contributed by atoms with Gasteiger partial charge in [0.25, 0.3) is 0 Å². The van der Waals surface area contributed by atoms with Gasteiger partial charge in [0.05, 0.1) is 5.69 Å². The van der Waals surface area contributed by atoms with Crippen LogP contribution in [0, 0.1) is 6.92 Å². The van der Waals surface area contributed by atoms with Crippen LogP contribution in [0.1, 0.15) is 5.56 Å². The fourth-order valence-corrected chi connectivity index (χ4v) is 7.25. The van der Waals surface area contributed by atoms with Gasteiger partial charge in [-0.2, -0.15) is 0 Å². The Kier molecular flexibility index (Phi) is 7.06. The minimum atomic E-state index is 0.872. The molecule has 8 aromatic carbocycles. The minimum Gasteiger partial charge on any atom is -0.456 e. The van der Waals surface area contributed by atoms with Crippen LogP contribution in [0.5, 0.6) is 0 Å². The van der Waals surface area contributed by atoms with E-state index < -0.39 is 0 Å². The normalized spacial score (nSPS) is 11.4. The van der Waals surface area contributed by atoms with Gasteiger partial charge in [-0.15, -0.1) is 0 Å². The second kappa shape index (κ2) is 12.0. The lowest BCUT2D eigenvalue weighted by atomic mass is 9.94. The molecule has 2 nitrogen and oxygen atoms in total. The summed E-state index contributed by atoms with van der Waals surface area (Å²) in [5, 5.41) is 4.71. The third-order valence-corrected chi connectivity index (χ3v) is 9.55. The van der Waals surface area contributed by atoms with Crippen molar-refractivity contribution in [1.29, 1.82) is 0 Å². The number of nitrogens with zero attached hydrogens (tertiary/aromatic N) is 1. The highest BCUT2D eigenvalue weighted by atomic mass is 16.3. The molecule has 0 fully saturated rings. The highest BCUT2D eigenvalue weighted by molar-refractivity contribution is 6.09. The zero-order chi connectivity index (χ0) is 32.7. The van der Waals surface area contributed by atoms with Crippen molar-refractivity contribution in [2.24, 2.45) is 0 Å². The van der Waals surface area contributed by atoms with Crippen molar-refractivity contribution in [2.45, 2.75) is 6.92 Å². The highest BCUT2D eigenvalue weighted by Crippen LogP contribution is 2.47. The summed E-state index contributed by atoms with van der Waals surface area (Å²) in [6, 6.07) is 65.2. The van der Waals surface area contributed by atoms with Crippen LogP contribution in [-0.4, -0.2) is 0 Å². The van der Waals surface area contributed by atoms with Crippen LogP contribution < -0.4 is 4.90 Å². The summed E-state index contributed by atoms with van der Waals surface area (Å²) in [6.07, 6.45) is 0. The molecule has 1 aromatic heterocycles. The van der Waals surface area contributed by atoms with Crippen molar-refractivity contribution >= 4 is 49.8 Å². The van der Waals surface area contributed by atoms with Gasteiger partial charge in [-0.3, -0.25) is 0 Å². The first-order valence-corrected chi connectivity index (χ1v) is 16.8. The molecule has 49 heavy (non-hydrogen) atoms. The molecule has 0 N–H and O–H groups in total. The van der Waals surface area contributed by atoms with E-state index in [2.05, 4.69) is 194 Å². The Morgan fingerprint density at radius 3 is 1.73 bits per heavy atom. The molecule has 2 heteroatoms. The largest absolute Gasteiger partial charge is 0.456 e. The number of aryl methyl sites for hydroxylation is 1. The zero-order valence-electron chi connectivity index (χ0n) is 27.2. The number of benzene rings is 8. The Labute approximate surface area is 286 Å². The number of rotatable bonds is 6. The van der Waals surface area contributed by atoms with Gasteiger partial charge in [0, 0.05) is 33.8 Å². The van der Waals surface area contributed by atoms with E-state index in [-0.39, 0.29) is 0 Å². The Hall–Kier alpha value is -6.38. The van der Waals surface area contributed by atoms with Crippen molar-refractivity contribution in [3.05, 3.63) is 188 Å². The molecule has 0 saturated carbocycles. The molecule has 0 spiro atoms. The van der Waals surface area contributed by atoms with Crippen LogP contribution in [-0.2, 0) is 0 Å². The van der Waals surface area contributed by atoms with Gasteiger partial charge in [0.15, 0.2) is 0 Å². The van der Waals surface area contributed by atoms with E-state index in [1.807, 2.05) is 0 Å². The van der Waals surface area contributed by atoms with E-state index in [0.717, 1.165) is 44.7 Å². The number of hydrogen-bond acceptors (Lipinski definition) is 2. The first-order chi connectivity index (χ1) is 24.2. The lowest BCUT2D eigenvalue weighted by Gasteiger charge is -2.30. The summed E-state index contributed by atoms with van der Waals surface area (Å²) in [6.45, 7) is 2.15. The van der Waals surface area contributed by atoms with Gasteiger partial charge in [-0.25, -0.2) is 0 Å². The molecule has 9 rings (SSSR count). The lowest BCUT2D eigenvalue weighted by Crippen LogP contribution is -2.12. The zero-order valence-corrected chi connectivity index (χ0v) is 27.2. The highest BCUT2D eigenvalue weighted by Gasteiger charge is 2.22. The molecule has 9 aromatic rings. The third-order valence-electron chi connectivity index (χ3n) is 9.55. The van der Waals surface area contributed by atoms with Crippen molar-refractivity contribution in [1.82, 2.24) is 0 Å². The van der Waals surface area contributed by atoms with Crippen LogP contribution in [0.3, 0.4) is 0 Å². The predicted octanol–water partition coefficient (Wildman–Crippen LogP) is 13.5. The van der Waals surface area contributed by atoms with E-state index in [1.165, 1.54) is 44.0 Å². The Morgan fingerprint density at radius 1 is 0.408 bits per heavy atom. The van der Waals surface area contributed by atoms with Crippen LogP contribution in [0.15, 0.2) is 186 Å². The van der Waals surface area contributed by atoms with E-state index in [0.29, 0.717) is 0 Å². The lowest BCUT2D eigenvalue weighted by molar-refractivity contribution is 0.669. The molecule has 232 valence electrons. The van der Waals surface area contributed by atoms with E-state index >= 15 is 0 Å². The van der Waals surface area contributed by atoms with Gasteiger partial charge in [-0.05, 0) is 93.5 Å². The number of hydrogen-bond donors (Lipinski definition) is 0. The molecule has 0 bridgehead atoms. The van der Waals surface area contributed by atoms with E-state index in [4.69, 9.17) is 4.42 Å². The van der Waals surface area contributed by atoms with Crippen LogP contribution >= 0.6 is 0 Å². The fraction of sp³-hybridized carbons (Fsp3) is 0.0213. The van der Waals surface area contributed by atoms with Gasteiger partial charge < -0.3 is 9.32 Å². The molecule has 0 aliphatic carbocycles. The molecule has 0 atom stereocenters. The molecular weight excluding hydrogens is 595 g/mol. The van der Waals surface area contributed by atoms with Gasteiger partial charge >= 0.3 is 0 Å². The summed E-state index contributed by atoms with van der Waals surface area (Å²) < 4.78 is 6.54. The number of anilines is 3. The quantitative estimate of drug-likeness (QED) is 0.182. The maximum Gasteiger partial charge on any atom is 0.137 e. The van der Waals surface area contributed by atoms with Crippen LogP contribution in [0.25, 0.3) is 66.1 Å². The SMILES string of the molecule is Cc1cccc2oc3cc(N(c4cc(-c5ccccc5)cc(-c5ccccc5)c4)c4ccc5ccccc5c4-c4ccccc4)ccc3c12. The molecule has 0 radical (unpaired) electrons. The van der Waals surface area contributed by atoms with Crippen molar-refractivity contribution < 1.29 is 4.42 Å². The monoisotopic (exact) mass is 627 g/mol. The molecule has 0 unspecified atom stereocenters. The minimum absolute atomic E-state index is 0.872. The number of fused-ring (bicyclic) bond motifs is 4. The molecule has 0 aliphatic heterocycles. The van der Waals surface area contributed by atoms with Crippen molar-refractivity contribution in [2.75, 3.05) is 4.90 Å². The van der Waals surface area contributed by atoms with Crippen molar-refractivity contribution in [3.63, 3.8) is 0 Å². The Balaban J connectivity index is 1.37. The predicted molar refractivity (Wildman–Crippen MR) is 207 cm³/mol. The molecule has 0 amide bonds. The first kappa shape index (κ1) is 28.8. The topological polar surface area (TPSA) is 16.4 Å². The first-order valence-electron chi connectivity index (χ1n) is 16.8. The van der Waals surface area contributed by atoms with Gasteiger partial charge in [0.1, 0.15) is 11.2 Å². The second-order valence-corrected chi connectivity index (χ2v) is 12.6. The summed E-state index contributed by atoms with van der Waals surface area (Å²) in [4.78, 5) is 2.41. The summed E-state index contributed by atoms with van der Waals surface area (Å²) in [7, 11) is 0.